The van der Waals surface area contributed by atoms with Crippen LogP contribution in [0.15, 0.2) is 71.4 Å². The van der Waals surface area contributed by atoms with Gasteiger partial charge in [-0.3, -0.25) is 9.69 Å². The van der Waals surface area contributed by atoms with Crippen LogP contribution in [0, 0.1) is 0 Å². The summed E-state index contributed by atoms with van der Waals surface area (Å²) in [6.45, 7) is 5.74. The molecule has 0 radical (unpaired) electrons. The Labute approximate surface area is 310 Å². The summed E-state index contributed by atoms with van der Waals surface area (Å²) in [5.74, 6) is -0.304. The van der Waals surface area contributed by atoms with Gasteiger partial charge < -0.3 is 14.5 Å². The fourth-order valence-electron chi connectivity index (χ4n) is 4.84. The number of ether oxygens (including phenoxy) is 1. The molecule has 0 bridgehead atoms. The molecule has 0 unspecified atom stereocenters. The SMILES string of the molecule is CCN1C(=CC=C2SC(=S)N(CCOC(=O)c3ccc(-c4nc(C(Cl)(Cl)Cl)nc(C(Cl)(Cl)Cl)n4)cc3)C2=O)N(CC)c2ccccc21. The Morgan fingerprint density at radius 3 is 1.91 bits per heavy atom. The van der Waals surface area contributed by atoms with Crippen LogP contribution < -0.4 is 9.80 Å². The third-order valence-electron chi connectivity index (χ3n) is 6.98. The van der Waals surface area contributed by atoms with E-state index >= 15 is 0 Å². The molecule has 47 heavy (non-hydrogen) atoms. The van der Waals surface area contributed by atoms with Gasteiger partial charge in [-0.15, -0.1) is 0 Å². The van der Waals surface area contributed by atoms with Crippen molar-refractivity contribution in [3.8, 4) is 11.4 Å². The molecule has 1 saturated heterocycles. The molecule has 2 aliphatic heterocycles. The van der Waals surface area contributed by atoms with E-state index in [1.165, 1.54) is 28.8 Å². The average molecular weight is 793 g/mol. The average Bonchev–Trinajstić information content (AvgIpc) is 3.50. The normalized spacial score (nSPS) is 16.0. The van der Waals surface area contributed by atoms with Crippen molar-refractivity contribution in [2.24, 2.45) is 0 Å². The maximum Gasteiger partial charge on any atom is 0.338 e. The second-order valence-electron chi connectivity index (χ2n) is 9.87. The van der Waals surface area contributed by atoms with Gasteiger partial charge >= 0.3 is 5.97 Å². The Kier molecular flexibility index (Phi) is 11.2. The maximum absolute atomic E-state index is 13.2. The van der Waals surface area contributed by atoms with E-state index in [9.17, 15) is 9.59 Å². The molecule has 2 aromatic carbocycles. The number of aromatic nitrogens is 3. The Hall–Kier alpha value is -2.35. The van der Waals surface area contributed by atoms with E-state index < -0.39 is 13.6 Å². The topological polar surface area (TPSA) is 91.8 Å². The summed E-state index contributed by atoms with van der Waals surface area (Å²) < 4.78 is 1.81. The number of allylic oxidation sites excluding steroid dienone is 2. The van der Waals surface area contributed by atoms with Crippen molar-refractivity contribution in [1.82, 2.24) is 19.9 Å². The minimum atomic E-state index is -2.01. The molecule has 3 aromatic rings. The van der Waals surface area contributed by atoms with Crippen LogP contribution in [0.5, 0.6) is 0 Å². The summed E-state index contributed by atoms with van der Waals surface area (Å²) in [6, 6.07) is 14.3. The molecule has 2 aliphatic rings. The first-order valence-corrected chi connectivity index (χ1v) is 17.5. The lowest BCUT2D eigenvalue weighted by molar-refractivity contribution is -0.122. The van der Waals surface area contributed by atoms with Crippen LogP contribution in [0.4, 0.5) is 11.4 Å². The second-order valence-corrected chi connectivity index (χ2v) is 16.1. The monoisotopic (exact) mass is 790 g/mol. The van der Waals surface area contributed by atoms with Gasteiger partial charge in [-0.05, 0) is 50.3 Å². The number of carbonyl (C=O) groups excluding carboxylic acids is 2. The Bertz CT molecular complexity index is 1710. The van der Waals surface area contributed by atoms with Crippen LogP contribution in [-0.2, 0) is 17.1 Å². The van der Waals surface area contributed by atoms with Gasteiger partial charge in [0.2, 0.25) is 7.59 Å². The maximum atomic E-state index is 13.2. The van der Waals surface area contributed by atoms with Gasteiger partial charge in [-0.2, -0.15) is 0 Å². The highest BCUT2D eigenvalue weighted by molar-refractivity contribution is 8.26. The van der Waals surface area contributed by atoms with Crippen molar-refractivity contribution >= 4 is 121 Å². The largest absolute Gasteiger partial charge is 0.460 e. The summed E-state index contributed by atoms with van der Waals surface area (Å²) in [5.41, 5.74) is 2.91. The highest BCUT2D eigenvalue weighted by atomic mass is 35.6. The molecule has 1 amide bonds. The predicted molar refractivity (Wildman–Crippen MR) is 195 cm³/mol. The predicted octanol–water partition coefficient (Wildman–Crippen LogP) is 8.30. The number of esters is 1. The quantitative estimate of drug-likeness (QED) is 0.0961. The van der Waals surface area contributed by atoms with Crippen LogP contribution in [-0.4, -0.2) is 62.3 Å². The number of para-hydroxylation sites is 2. The number of thiocarbonyl (C=S) groups is 1. The molecule has 0 spiro atoms. The molecular weight excluding hydrogens is 769 g/mol. The number of fused-ring (bicyclic) bond motifs is 1. The van der Waals surface area contributed by atoms with E-state index in [0.717, 1.165) is 30.3 Å². The number of alkyl halides is 6. The van der Waals surface area contributed by atoms with E-state index in [-0.39, 0.29) is 42.1 Å². The Balaban J connectivity index is 1.22. The first-order chi connectivity index (χ1) is 22.2. The number of anilines is 2. The van der Waals surface area contributed by atoms with Crippen molar-refractivity contribution in [3.63, 3.8) is 0 Å². The van der Waals surface area contributed by atoms with Crippen LogP contribution in [0.1, 0.15) is 35.9 Å². The van der Waals surface area contributed by atoms with Crippen molar-refractivity contribution in [2.45, 2.75) is 21.4 Å². The van der Waals surface area contributed by atoms with Crippen LogP contribution in [0.3, 0.4) is 0 Å². The molecule has 246 valence electrons. The van der Waals surface area contributed by atoms with Gasteiger partial charge in [0.25, 0.3) is 5.91 Å². The van der Waals surface area contributed by atoms with Gasteiger partial charge in [0.1, 0.15) is 16.7 Å². The number of halogens is 6. The number of nitrogens with zero attached hydrogens (tertiary/aromatic N) is 6. The molecule has 9 nitrogen and oxygen atoms in total. The lowest BCUT2D eigenvalue weighted by atomic mass is 10.1. The zero-order valence-electron chi connectivity index (χ0n) is 24.6. The van der Waals surface area contributed by atoms with Gasteiger partial charge in [0, 0.05) is 18.7 Å². The van der Waals surface area contributed by atoms with Crippen molar-refractivity contribution in [3.05, 3.63) is 88.6 Å². The third kappa shape index (κ3) is 7.94. The lowest BCUT2D eigenvalue weighted by Crippen LogP contribution is -2.32. The number of rotatable bonds is 8. The third-order valence-corrected chi connectivity index (χ3v) is 9.39. The molecular formula is C30H24Cl6N6O3S2. The molecule has 17 heteroatoms. The molecule has 0 saturated carbocycles. The van der Waals surface area contributed by atoms with E-state index in [1.54, 1.807) is 18.2 Å². The zero-order chi connectivity index (χ0) is 34.1. The first kappa shape index (κ1) is 35.9. The summed E-state index contributed by atoms with van der Waals surface area (Å²) >= 11 is 42.4. The Morgan fingerprint density at radius 1 is 0.851 bits per heavy atom. The second kappa shape index (κ2) is 14.6. The molecule has 0 atom stereocenters. The molecule has 3 heterocycles. The van der Waals surface area contributed by atoms with Gasteiger partial charge in [0.15, 0.2) is 17.5 Å². The van der Waals surface area contributed by atoms with E-state index in [1.807, 2.05) is 18.2 Å². The van der Waals surface area contributed by atoms with Gasteiger partial charge in [-0.1, -0.05) is 118 Å². The molecule has 0 N–H and O–H groups in total. The minimum absolute atomic E-state index is 0.0582. The van der Waals surface area contributed by atoms with Crippen LogP contribution >= 0.6 is 93.6 Å². The Morgan fingerprint density at radius 2 is 1.40 bits per heavy atom. The number of hydrogen-bond donors (Lipinski definition) is 0. The summed E-state index contributed by atoms with van der Waals surface area (Å²) in [4.78, 5) is 44.6. The number of amides is 1. The standard InChI is InChI=1S/C30H24Cl6N6O3S2/c1-3-40-19-7-5-6-8-20(19)41(4-2)22(40)14-13-21-24(43)42(28(46)47-21)15-16-45-25(44)18-11-9-17(10-12-18)23-37-26(29(31,32)33)39-27(38-23)30(34,35)36/h5-14H,3-4,15-16H2,1-2H3. The summed E-state index contributed by atoms with van der Waals surface area (Å²) in [7, 11) is 0. The number of thioether (sulfide) groups is 1. The minimum Gasteiger partial charge on any atom is -0.460 e. The van der Waals surface area contributed by atoms with Gasteiger partial charge in [0.05, 0.1) is 28.4 Å². The summed E-state index contributed by atoms with van der Waals surface area (Å²) in [5, 5.41) is 0. The molecule has 0 aliphatic carbocycles. The lowest BCUT2D eigenvalue weighted by Gasteiger charge is -2.23. The highest BCUT2D eigenvalue weighted by Gasteiger charge is 2.35. The fraction of sp³-hybridized carbons (Fsp3) is 0.267. The van der Waals surface area contributed by atoms with Crippen molar-refractivity contribution in [1.29, 1.82) is 0 Å². The van der Waals surface area contributed by atoms with Crippen LogP contribution in [0.25, 0.3) is 11.4 Å². The van der Waals surface area contributed by atoms with Crippen molar-refractivity contribution < 1.29 is 14.3 Å². The number of hydrogen-bond acceptors (Lipinski definition) is 10. The zero-order valence-corrected chi connectivity index (χ0v) is 30.8. The van der Waals surface area contributed by atoms with Crippen LogP contribution in [0.2, 0.25) is 0 Å². The van der Waals surface area contributed by atoms with Gasteiger partial charge in [-0.25, -0.2) is 19.7 Å². The van der Waals surface area contributed by atoms with E-state index in [2.05, 4.69) is 50.7 Å². The first-order valence-electron chi connectivity index (χ1n) is 14.0. The molecule has 1 fully saturated rings. The van der Waals surface area contributed by atoms with E-state index in [0.29, 0.717) is 14.8 Å². The molecule has 5 rings (SSSR count). The number of carbonyl (C=O) groups is 2. The van der Waals surface area contributed by atoms with E-state index in [4.69, 9.17) is 86.6 Å². The highest BCUT2D eigenvalue weighted by Crippen LogP contribution is 2.42. The smallest absolute Gasteiger partial charge is 0.338 e. The fourth-order valence-corrected chi connectivity index (χ4v) is 6.60. The van der Waals surface area contributed by atoms with Crippen molar-refractivity contribution in [2.75, 3.05) is 36.0 Å². The summed E-state index contributed by atoms with van der Waals surface area (Å²) in [6.07, 6.45) is 3.73. The number of benzene rings is 2. The molecule has 1 aromatic heterocycles.